The summed E-state index contributed by atoms with van der Waals surface area (Å²) in [5.41, 5.74) is 5.70. The fourth-order valence-corrected chi connectivity index (χ4v) is 1.38. The van der Waals surface area contributed by atoms with Crippen LogP contribution in [-0.4, -0.2) is 25.2 Å². The van der Waals surface area contributed by atoms with Crippen LogP contribution < -0.4 is 15.8 Å². The molecule has 19 heavy (non-hydrogen) atoms. The van der Waals surface area contributed by atoms with Crippen molar-refractivity contribution in [2.75, 3.05) is 13.1 Å². The van der Waals surface area contributed by atoms with Crippen LogP contribution in [0.15, 0.2) is 29.3 Å². The summed E-state index contributed by atoms with van der Waals surface area (Å²) in [5, 5.41) is 2.96. The van der Waals surface area contributed by atoms with Crippen LogP contribution in [0.2, 0.25) is 0 Å². The molecule has 0 aromatic heterocycles. The summed E-state index contributed by atoms with van der Waals surface area (Å²) < 4.78 is 18.8. The van der Waals surface area contributed by atoms with Gasteiger partial charge in [-0.2, -0.15) is 0 Å². The summed E-state index contributed by atoms with van der Waals surface area (Å²) in [6, 6.07) is 6.33. The molecule has 1 aromatic rings. The van der Waals surface area contributed by atoms with Gasteiger partial charge in [-0.05, 0) is 25.0 Å². The van der Waals surface area contributed by atoms with Crippen LogP contribution in [0.3, 0.4) is 0 Å². The Morgan fingerprint density at radius 3 is 2.68 bits per heavy atom. The number of para-hydroxylation sites is 1. The Morgan fingerprint density at radius 1 is 1.37 bits per heavy atom. The van der Waals surface area contributed by atoms with Crippen molar-refractivity contribution in [3.05, 3.63) is 30.1 Å². The fraction of sp³-hybridized carbons (Fsp3) is 0.500. The Balaban J connectivity index is 2.38. The molecule has 3 N–H and O–H groups in total. The van der Waals surface area contributed by atoms with Gasteiger partial charge in [-0.15, -0.1) is 0 Å². The smallest absolute Gasteiger partial charge is 0.188 e. The van der Waals surface area contributed by atoms with Gasteiger partial charge in [0, 0.05) is 6.54 Å². The average molecular weight is 267 g/mol. The second-order valence-electron chi connectivity index (χ2n) is 4.86. The minimum Gasteiger partial charge on any atom is -0.486 e. The molecule has 0 saturated heterocycles. The Morgan fingerprint density at radius 2 is 2.05 bits per heavy atom. The highest BCUT2D eigenvalue weighted by molar-refractivity contribution is 5.77. The highest BCUT2D eigenvalue weighted by atomic mass is 19.1. The van der Waals surface area contributed by atoms with Gasteiger partial charge >= 0.3 is 0 Å². The molecule has 0 amide bonds. The Hall–Kier alpha value is -1.78. The third-order valence-electron chi connectivity index (χ3n) is 2.36. The third-order valence-corrected chi connectivity index (χ3v) is 2.36. The van der Waals surface area contributed by atoms with E-state index in [0.29, 0.717) is 25.0 Å². The highest BCUT2D eigenvalue weighted by Crippen LogP contribution is 2.16. The number of ether oxygens (including phenoxy) is 1. The van der Waals surface area contributed by atoms with Gasteiger partial charge in [0.15, 0.2) is 17.5 Å². The number of rotatable bonds is 6. The van der Waals surface area contributed by atoms with E-state index < -0.39 is 0 Å². The third kappa shape index (κ3) is 6.08. The molecular formula is C14H22FN3O. The van der Waals surface area contributed by atoms with Crippen LogP contribution in [0, 0.1) is 11.7 Å². The topological polar surface area (TPSA) is 59.6 Å². The van der Waals surface area contributed by atoms with Crippen LogP contribution in [0.1, 0.15) is 20.8 Å². The lowest BCUT2D eigenvalue weighted by molar-refractivity contribution is 0.214. The zero-order valence-corrected chi connectivity index (χ0v) is 11.7. The Labute approximate surface area is 113 Å². The minimum absolute atomic E-state index is 0.204. The quantitative estimate of drug-likeness (QED) is 0.613. The van der Waals surface area contributed by atoms with E-state index in [4.69, 9.17) is 10.5 Å². The number of nitrogens with two attached hydrogens (primary N) is 1. The number of nitrogens with one attached hydrogen (secondary N) is 1. The van der Waals surface area contributed by atoms with Gasteiger partial charge < -0.3 is 15.8 Å². The summed E-state index contributed by atoms with van der Waals surface area (Å²) in [6.45, 7) is 7.14. The lowest BCUT2D eigenvalue weighted by Crippen LogP contribution is -2.38. The van der Waals surface area contributed by atoms with Crippen molar-refractivity contribution in [1.29, 1.82) is 0 Å². The van der Waals surface area contributed by atoms with Crippen LogP contribution in [0.4, 0.5) is 4.39 Å². The second kappa shape index (κ2) is 7.61. The van der Waals surface area contributed by atoms with Gasteiger partial charge in [0.2, 0.25) is 0 Å². The van der Waals surface area contributed by atoms with Gasteiger partial charge in [-0.1, -0.05) is 26.0 Å². The SMILES string of the molecule is CC(C)CN=C(N)NCC(C)Oc1ccccc1F. The van der Waals surface area contributed by atoms with Crippen molar-refractivity contribution in [3.63, 3.8) is 0 Å². The van der Waals surface area contributed by atoms with E-state index in [9.17, 15) is 4.39 Å². The molecular weight excluding hydrogens is 245 g/mol. The zero-order chi connectivity index (χ0) is 14.3. The predicted octanol–water partition coefficient (Wildman–Crippen LogP) is 2.15. The Bertz CT molecular complexity index is 421. The molecule has 5 heteroatoms. The van der Waals surface area contributed by atoms with Gasteiger partial charge in [0.25, 0.3) is 0 Å². The first-order chi connectivity index (χ1) is 8.99. The number of aliphatic imine (C=N–C) groups is 1. The van der Waals surface area contributed by atoms with E-state index in [1.165, 1.54) is 6.07 Å². The normalized spacial score (nSPS) is 13.4. The van der Waals surface area contributed by atoms with E-state index in [-0.39, 0.29) is 17.7 Å². The molecule has 0 aliphatic heterocycles. The number of hydrogen-bond donors (Lipinski definition) is 2. The van der Waals surface area contributed by atoms with Gasteiger partial charge in [0.1, 0.15) is 6.10 Å². The van der Waals surface area contributed by atoms with Crippen molar-refractivity contribution in [2.45, 2.75) is 26.9 Å². The molecule has 0 fully saturated rings. The molecule has 0 aliphatic rings. The average Bonchev–Trinajstić information content (AvgIpc) is 2.36. The number of nitrogens with zero attached hydrogens (tertiary/aromatic N) is 1. The summed E-state index contributed by atoms with van der Waals surface area (Å²) in [4.78, 5) is 4.17. The van der Waals surface area contributed by atoms with Crippen LogP contribution in [0.5, 0.6) is 5.75 Å². The molecule has 0 saturated carbocycles. The van der Waals surface area contributed by atoms with Crippen molar-refractivity contribution in [2.24, 2.45) is 16.6 Å². The maximum absolute atomic E-state index is 13.4. The standard InChI is InChI=1S/C14H22FN3O/c1-10(2)8-17-14(16)18-9-11(3)19-13-7-5-4-6-12(13)15/h4-7,10-11H,8-9H2,1-3H3,(H3,16,17,18). The predicted molar refractivity (Wildman–Crippen MR) is 75.8 cm³/mol. The van der Waals surface area contributed by atoms with E-state index in [1.54, 1.807) is 18.2 Å². The molecule has 1 unspecified atom stereocenters. The number of benzene rings is 1. The van der Waals surface area contributed by atoms with Gasteiger partial charge in [-0.25, -0.2) is 4.39 Å². The lowest BCUT2D eigenvalue weighted by Gasteiger charge is -2.16. The van der Waals surface area contributed by atoms with Crippen molar-refractivity contribution in [1.82, 2.24) is 5.32 Å². The van der Waals surface area contributed by atoms with E-state index in [2.05, 4.69) is 24.2 Å². The number of hydrogen-bond acceptors (Lipinski definition) is 2. The molecule has 4 nitrogen and oxygen atoms in total. The minimum atomic E-state index is -0.365. The van der Waals surface area contributed by atoms with Crippen LogP contribution >= 0.6 is 0 Å². The van der Waals surface area contributed by atoms with Gasteiger partial charge in [0.05, 0.1) is 6.54 Å². The first-order valence-electron chi connectivity index (χ1n) is 6.44. The molecule has 1 rings (SSSR count). The van der Waals surface area contributed by atoms with Crippen molar-refractivity contribution < 1.29 is 9.13 Å². The second-order valence-corrected chi connectivity index (χ2v) is 4.86. The highest BCUT2D eigenvalue weighted by Gasteiger charge is 2.07. The van der Waals surface area contributed by atoms with E-state index in [1.807, 2.05) is 6.92 Å². The summed E-state index contributed by atoms with van der Waals surface area (Å²) >= 11 is 0. The first kappa shape index (κ1) is 15.3. The zero-order valence-electron chi connectivity index (χ0n) is 11.7. The molecule has 0 heterocycles. The molecule has 0 spiro atoms. The van der Waals surface area contributed by atoms with Crippen LogP contribution in [0.25, 0.3) is 0 Å². The lowest BCUT2D eigenvalue weighted by atomic mass is 10.2. The number of guanidine groups is 1. The summed E-state index contributed by atoms with van der Waals surface area (Å²) in [5.74, 6) is 0.732. The maximum Gasteiger partial charge on any atom is 0.188 e. The Kier molecular flexibility index (Phi) is 6.12. The molecule has 1 atom stereocenters. The molecule has 1 aromatic carbocycles. The maximum atomic E-state index is 13.4. The van der Waals surface area contributed by atoms with Gasteiger partial charge in [-0.3, -0.25) is 4.99 Å². The van der Waals surface area contributed by atoms with Crippen LogP contribution in [-0.2, 0) is 0 Å². The summed E-state index contributed by atoms with van der Waals surface area (Å²) in [6.07, 6.45) is -0.204. The van der Waals surface area contributed by atoms with E-state index in [0.717, 1.165) is 0 Å². The largest absolute Gasteiger partial charge is 0.486 e. The molecule has 0 aliphatic carbocycles. The fourth-order valence-electron chi connectivity index (χ4n) is 1.38. The molecule has 0 radical (unpaired) electrons. The van der Waals surface area contributed by atoms with Crippen molar-refractivity contribution >= 4 is 5.96 Å². The first-order valence-corrected chi connectivity index (χ1v) is 6.44. The molecule has 106 valence electrons. The monoisotopic (exact) mass is 267 g/mol. The summed E-state index contributed by atoms with van der Waals surface area (Å²) in [7, 11) is 0. The number of halogens is 1. The molecule has 0 bridgehead atoms. The van der Waals surface area contributed by atoms with Crippen molar-refractivity contribution in [3.8, 4) is 5.75 Å². The van der Waals surface area contributed by atoms with E-state index >= 15 is 0 Å².